The summed E-state index contributed by atoms with van der Waals surface area (Å²) in [5.41, 5.74) is 1.41. The molecular formula is C20H30N2O2. The van der Waals surface area contributed by atoms with Gasteiger partial charge in [-0.25, -0.2) is 0 Å². The summed E-state index contributed by atoms with van der Waals surface area (Å²) < 4.78 is 6.05. The van der Waals surface area contributed by atoms with Crippen molar-refractivity contribution >= 4 is 5.91 Å². The van der Waals surface area contributed by atoms with Gasteiger partial charge in [0, 0.05) is 25.1 Å². The van der Waals surface area contributed by atoms with Crippen molar-refractivity contribution in [2.45, 2.75) is 51.7 Å². The van der Waals surface area contributed by atoms with Gasteiger partial charge in [0.05, 0.1) is 0 Å². The number of carbonyl (C=O) groups is 1. The number of unbranched alkanes of at least 4 members (excludes halogenated alkanes) is 1. The minimum absolute atomic E-state index is 0.0449. The van der Waals surface area contributed by atoms with E-state index in [0.29, 0.717) is 6.61 Å². The van der Waals surface area contributed by atoms with E-state index in [2.05, 4.69) is 47.5 Å². The number of hydrogen-bond donors (Lipinski definition) is 1. The number of rotatable bonds is 6. The summed E-state index contributed by atoms with van der Waals surface area (Å²) >= 11 is 0. The molecular weight excluding hydrogens is 300 g/mol. The fourth-order valence-electron chi connectivity index (χ4n) is 4.04. The van der Waals surface area contributed by atoms with Gasteiger partial charge in [-0.3, -0.25) is 9.69 Å². The number of nitrogens with zero attached hydrogens (tertiary/aromatic N) is 1. The average molecular weight is 330 g/mol. The largest absolute Gasteiger partial charge is 0.368 e. The number of ether oxygens (including phenoxy) is 1. The molecule has 2 saturated heterocycles. The Hall–Kier alpha value is -1.39. The van der Waals surface area contributed by atoms with Crippen LogP contribution in [0.15, 0.2) is 30.3 Å². The van der Waals surface area contributed by atoms with Crippen LogP contribution in [-0.4, -0.2) is 43.2 Å². The first-order valence-corrected chi connectivity index (χ1v) is 9.39. The molecule has 24 heavy (non-hydrogen) atoms. The Balaban J connectivity index is 1.60. The van der Waals surface area contributed by atoms with Gasteiger partial charge in [-0.05, 0) is 44.3 Å². The lowest BCUT2D eigenvalue weighted by Gasteiger charge is -2.48. The topological polar surface area (TPSA) is 41.6 Å². The van der Waals surface area contributed by atoms with Gasteiger partial charge in [-0.2, -0.15) is 0 Å². The summed E-state index contributed by atoms with van der Waals surface area (Å²) in [5, 5.41) is 3.00. The zero-order valence-electron chi connectivity index (χ0n) is 14.8. The van der Waals surface area contributed by atoms with Gasteiger partial charge in [0.1, 0.15) is 6.10 Å². The Kier molecular flexibility index (Phi) is 5.90. The summed E-state index contributed by atoms with van der Waals surface area (Å²) in [6.07, 6.45) is 5.05. The van der Waals surface area contributed by atoms with Crippen LogP contribution < -0.4 is 5.32 Å². The standard InChI is InChI=1S/C20H30N2O2/c1-2-3-15-24-18-19(23)21-12-9-20(18)10-13-22(14-11-20)16-17-7-5-4-6-8-17/h4-8,18H,2-3,9-16H2,1H3,(H,21,23). The molecule has 0 saturated carbocycles. The molecule has 2 fully saturated rings. The van der Waals surface area contributed by atoms with Crippen LogP contribution in [0.4, 0.5) is 0 Å². The second-order valence-electron chi connectivity index (χ2n) is 7.27. The molecule has 4 nitrogen and oxygen atoms in total. The van der Waals surface area contributed by atoms with E-state index in [4.69, 9.17) is 4.74 Å². The van der Waals surface area contributed by atoms with Crippen molar-refractivity contribution in [3.63, 3.8) is 0 Å². The SMILES string of the molecule is CCCCOC1C(=O)NCCC12CCN(Cc1ccccc1)CC2. The summed E-state index contributed by atoms with van der Waals surface area (Å²) in [4.78, 5) is 14.9. The van der Waals surface area contributed by atoms with Gasteiger partial charge >= 0.3 is 0 Å². The molecule has 1 amide bonds. The molecule has 1 unspecified atom stereocenters. The smallest absolute Gasteiger partial charge is 0.249 e. The van der Waals surface area contributed by atoms with Crippen LogP contribution in [0.3, 0.4) is 0 Å². The van der Waals surface area contributed by atoms with E-state index in [9.17, 15) is 4.79 Å². The Labute approximate surface area is 145 Å². The predicted octanol–water partition coefficient (Wildman–Crippen LogP) is 2.97. The number of hydrogen-bond acceptors (Lipinski definition) is 3. The van der Waals surface area contributed by atoms with Crippen molar-refractivity contribution < 1.29 is 9.53 Å². The van der Waals surface area contributed by atoms with E-state index in [1.165, 1.54) is 5.56 Å². The summed E-state index contributed by atoms with van der Waals surface area (Å²) in [5.74, 6) is 0.105. The molecule has 2 heterocycles. The van der Waals surface area contributed by atoms with E-state index >= 15 is 0 Å². The lowest BCUT2D eigenvalue weighted by molar-refractivity contribution is -0.153. The van der Waals surface area contributed by atoms with Crippen molar-refractivity contribution in [3.8, 4) is 0 Å². The Morgan fingerprint density at radius 2 is 1.96 bits per heavy atom. The molecule has 1 aromatic carbocycles. The number of nitrogens with one attached hydrogen (secondary N) is 1. The molecule has 1 N–H and O–H groups in total. The highest BCUT2D eigenvalue weighted by molar-refractivity contribution is 5.82. The van der Waals surface area contributed by atoms with Gasteiger partial charge in [-0.1, -0.05) is 43.7 Å². The molecule has 1 atom stereocenters. The van der Waals surface area contributed by atoms with Gasteiger partial charge < -0.3 is 10.1 Å². The van der Waals surface area contributed by atoms with E-state index in [1.807, 2.05) is 0 Å². The van der Waals surface area contributed by atoms with Crippen molar-refractivity contribution in [1.82, 2.24) is 10.2 Å². The van der Waals surface area contributed by atoms with Crippen molar-refractivity contribution in [2.24, 2.45) is 5.41 Å². The Morgan fingerprint density at radius 1 is 1.21 bits per heavy atom. The molecule has 132 valence electrons. The second-order valence-corrected chi connectivity index (χ2v) is 7.27. The second kappa shape index (κ2) is 8.13. The van der Waals surface area contributed by atoms with Gasteiger partial charge in [-0.15, -0.1) is 0 Å². The first-order chi connectivity index (χ1) is 11.7. The fourth-order valence-corrected chi connectivity index (χ4v) is 4.04. The summed E-state index contributed by atoms with van der Waals surface area (Å²) in [7, 11) is 0. The van der Waals surface area contributed by atoms with Crippen molar-refractivity contribution in [3.05, 3.63) is 35.9 Å². The lowest BCUT2D eigenvalue weighted by atomic mass is 9.69. The Morgan fingerprint density at radius 3 is 2.67 bits per heavy atom. The van der Waals surface area contributed by atoms with Crippen molar-refractivity contribution in [1.29, 1.82) is 0 Å². The van der Waals surface area contributed by atoms with Crippen LogP contribution in [0.5, 0.6) is 0 Å². The summed E-state index contributed by atoms with van der Waals surface area (Å²) in [6.45, 7) is 6.76. The van der Waals surface area contributed by atoms with Gasteiger partial charge in [0.25, 0.3) is 0 Å². The van der Waals surface area contributed by atoms with Crippen molar-refractivity contribution in [2.75, 3.05) is 26.2 Å². The minimum atomic E-state index is -0.253. The first kappa shape index (κ1) is 17.4. The number of carbonyl (C=O) groups excluding carboxylic acids is 1. The van der Waals surface area contributed by atoms with Gasteiger partial charge in [0.15, 0.2) is 0 Å². The molecule has 2 aliphatic heterocycles. The molecule has 4 heteroatoms. The highest BCUT2D eigenvalue weighted by Crippen LogP contribution is 2.42. The van der Waals surface area contributed by atoms with E-state index in [0.717, 1.165) is 58.3 Å². The van der Waals surface area contributed by atoms with E-state index in [-0.39, 0.29) is 17.4 Å². The number of likely N-dealkylation sites (tertiary alicyclic amines) is 1. The molecule has 1 spiro atoms. The highest BCUT2D eigenvalue weighted by atomic mass is 16.5. The Bertz CT molecular complexity index is 524. The molecule has 0 aromatic heterocycles. The van der Waals surface area contributed by atoms with E-state index < -0.39 is 0 Å². The molecule has 0 aliphatic carbocycles. The number of amides is 1. The maximum absolute atomic E-state index is 12.4. The summed E-state index contributed by atoms with van der Waals surface area (Å²) in [6, 6.07) is 10.6. The van der Waals surface area contributed by atoms with Crippen LogP contribution in [0.2, 0.25) is 0 Å². The molecule has 0 bridgehead atoms. The maximum Gasteiger partial charge on any atom is 0.249 e. The number of piperidine rings is 2. The molecule has 2 aliphatic rings. The van der Waals surface area contributed by atoms with E-state index in [1.54, 1.807) is 0 Å². The fraction of sp³-hybridized carbons (Fsp3) is 0.650. The third-order valence-corrected chi connectivity index (χ3v) is 5.60. The normalized spacial score (nSPS) is 24.0. The van der Waals surface area contributed by atoms with Gasteiger partial charge in [0.2, 0.25) is 5.91 Å². The molecule has 0 radical (unpaired) electrons. The third-order valence-electron chi connectivity index (χ3n) is 5.60. The first-order valence-electron chi connectivity index (χ1n) is 9.39. The third kappa shape index (κ3) is 3.98. The van der Waals surface area contributed by atoms with Crippen LogP contribution in [-0.2, 0) is 16.1 Å². The average Bonchev–Trinajstić information content (AvgIpc) is 2.61. The van der Waals surface area contributed by atoms with Crippen LogP contribution in [0.25, 0.3) is 0 Å². The van der Waals surface area contributed by atoms with Crippen LogP contribution in [0.1, 0.15) is 44.6 Å². The zero-order chi connectivity index (χ0) is 16.8. The lowest BCUT2D eigenvalue weighted by Crippen LogP contribution is -2.58. The van der Waals surface area contributed by atoms with Crippen LogP contribution in [0, 0.1) is 5.41 Å². The van der Waals surface area contributed by atoms with Crippen LogP contribution >= 0.6 is 0 Å². The number of benzene rings is 1. The monoisotopic (exact) mass is 330 g/mol. The molecule has 1 aromatic rings. The quantitative estimate of drug-likeness (QED) is 0.815. The maximum atomic E-state index is 12.4. The zero-order valence-corrected chi connectivity index (χ0v) is 14.8. The minimum Gasteiger partial charge on any atom is -0.368 e. The highest BCUT2D eigenvalue weighted by Gasteiger charge is 2.47. The molecule has 3 rings (SSSR count). The predicted molar refractivity (Wildman–Crippen MR) is 95.7 cm³/mol.